The van der Waals surface area contributed by atoms with E-state index in [4.69, 9.17) is 5.73 Å². The molecule has 0 unspecified atom stereocenters. The molecule has 1 aliphatic rings. The molecular weight excluding hydrogens is 284 g/mol. The lowest BCUT2D eigenvalue weighted by atomic mass is 10.1. The summed E-state index contributed by atoms with van der Waals surface area (Å²) in [5.41, 5.74) is 5.94. The Bertz CT molecular complexity index is 464. The van der Waals surface area contributed by atoms with Gasteiger partial charge in [0.15, 0.2) is 5.13 Å². The Morgan fingerprint density at radius 2 is 1.90 bits per heavy atom. The molecule has 21 heavy (non-hydrogen) atoms. The van der Waals surface area contributed by atoms with Crippen molar-refractivity contribution < 1.29 is 4.79 Å². The zero-order chi connectivity index (χ0) is 15.2. The lowest BCUT2D eigenvalue weighted by molar-refractivity contribution is 0.0748. The number of anilines is 2. The topological polar surface area (TPSA) is 71.2 Å². The van der Waals surface area contributed by atoms with E-state index in [0.717, 1.165) is 37.6 Å². The number of aromatic nitrogens is 1. The molecule has 6 heteroatoms. The van der Waals surface area contributed by atoms with Crippen LogP contribution in [0.15, 0.2) is 0 Å². The maximum atomic E-state index is 12.6. The normalized spacial score (nSPS) is 16.6. The van der Waals surface area contributed by atoms with Crippen LogP contribution in [0.4, 0.5) is 10.9 Å². The van der Waals surface area contributed by atoms with Gasteiger partial charge in [-0.05, 0) is 18.8 Å². The summed E-state index contributed by atoms with van der Waals surface area (Å²) in [6.45, 7) is 6.78. The van der Waals surface area contributed by atoms with Crippen molar-refractivity contribution in [3.8, 4) is 0 Å². The Morgan fingerprint density at radius 1 is 1.29 bits per heavy atom. The van der Waals surface area contributed by atoms with Gasteiger partial charge in [-0.3, -0.25) is 4.79 Å². The van der Waals surface area contributed by atoms with Crippen LogP contribution in [-0.4, -0.2) is 35.4 Å². The number of nitrogen functional groups attached to an aromatic ring is 1. The van der Waals surface area contributed by atoms with Crippen LogP contribution in [0.25, 0.3) is 0 Å². The number of hydrogen-bond acceptors (Lipinski definition) is 5. The number of likely N-dealkylation sites (tertiary alicyclic amines) is 1. The van der Waals surface area contributed by atoms with Gasteiger partial charge in [0, 0.05) is 19.6 Å². The fourth-order valence-corrected chi connectivity index (χ4v) is 3.31. The van der Waals surface area contributed by atoms with Crippen LogP contribution < -0.4 is 11.1 Å². The highest BCUT2D eigenvalue weighted by Gasteiger charge is 2.22. The molecule has 1 fully saturated rings. The Morgan fingerprint density at radius 3 is 2.52 bits per heavy atom. The quantitative estimate of drug-likeness (QED) is 0.896. The fraction of sp³-hybridized carbons (Fsp3) is 0.733. The van der Waals surface area contributed by atoms with Crippen LogP contribution in [0.1, 0.15) is 55.6 Å². The summed E-state index contributed by atoms with van der Waals surface area (Å²) in [6.07, 6.45) is 5.88. The van der Waals surface area contributed by atoms with Crippen LogP contribution in [0.2, 0.25) is 0 Å². The molecule has 0 spiro atoms. The van der Waals surface area contributed by atoms with E-state index in [1.54, 1.807) is 0 Å². The number of rotatable bonds is 4. The highest BCUT2D eigenvalue weighted by atomic mass is 32.1. The van der Waals surface area contributed by atoms with Crippen molar-refractivity contribution in [2.45, 2.75) is 46.0 Å². The van der Waals surface area contributed by atoms with E-state index in [1.807, 2.05) is 4.90 Å². The van der Waals surface area contributed by atoms with Crippen molar-refractivity contribution >= 4 is 28.2 Å². The molecule has 3 N–H and O–H groups in total. The summed E-state index contributed by atoms with van der Waals surface area (Å²) in [6, 6.07) is 0. The summed E-state index contributed by atoms with van der Waals surface area (Å²) in [4.78, 5) is 19.4. The van der Waals surface area contributed by atoms with Crippen LogP contribution in [0.5, 0.6) is 0 Å². The SMILES string of the molecule is CC(C)CNc1nc(N)c(C(=O)N2CCCCCCC2)s1. The number of nitrogens with two attached hydrogens (primary N) is 1. The first-order chi connectivity index (χ1) is 10.1. The van der Waals surface area contributed by atoms with E-state index in [0.29, 0.717) is 16.6 Å². The zero-order valence-electron chi connectivity index (χ0n) is 13.0. The first kappa shape index (κ1) is 16.1. The van der Waals surface area contributed by atoms with E-state index in [9.17, 15) is 4.79 Å². The number of amides is 1. The second kappa shape index (κ2) is 7.64. The van der Waals surface area contributed by atoms with Crippen molar-refractivity contribution in [2.24, 2.45) is 5.92 Å². The largest absolute Gasteiger partial charge is 0.382 e. The summed E-state index contributed by atoms with van der Waals surface area (Å²) < 4.78 is 0. The van der Waals surface area contributed by atoms with E-state index in [1.165, 1.54) is 30.6 Å². The zero-order valence-corrected chi connectivity index (χ0v) is 13.8. The van der Waals surface area contributed by atoms with Gasteiger partial charge in [0.2, 0.25) is 0 Å². The molecule has 0 bridgehead atoms. The minimum atomic E-state index is 0.0458. The van der Waals surface area contributed by atoms with Gasteiger partial charge in [0.25, 0.3) is 5.91 Å². The first-order valence-electron chi connectivity index (χ1n) is 7.87. The Labute approximate surface area is 130 Å². The predicted molar refractivity (Wildman–Crippen MR) is 88.8 cm³/mol. The van der Waals surface area contributed by atoms with Gasteiger partial charge in [-0.15, -0.1) is 0 Å². The molecule has 1 saturated heterocycles. The lowest BCUT2D eigenvalue weighted by Gasteiger charge is -2.24. The van der Waals surface area contributed by atoms with Gasteiger partial charge in [0.1, 0.15) is 10.7 Å². The molecule has 2 heterocycles. The number of carbonyl (C=O) groups excluding carboxylic acids is 1. The summed E-state index contributed by atoms with van der Waals surface area (Å²) in [5.74, 6) is 0.937. The first-order valence-corrected chi connectivity index (χ1v) is 8.69. The molecule has 2 rings (SSSR count). The Balaban J connectivity index is 2.03. The molecule has 1 aromatic heterocycles. The maximum Gasteiger partial charge on any atom is 0.267 e. The molecular formula is C15H26N4OS. The molecule has 0 atom stereocenters. The molecule has 0 radical (unpaired) electrons. The highest BCUT2D eigenvalue weighted by Crippen LogP contribution is 2.27. The number of carbonyl (C=O) groups is 1. The number of nitrogens with one attached hydrogen (secondary N) is 1. The van der Waals surface area contributed by atoms with Crippen molar-refractivity contribution in [1.82, 2.24) is 9.88 Å². The van der Waals surface area contributed by atoms with Crippen LogP contribution in [0, 0.1) is 5.92 Å². The molecule has 1 amide bonds. The second-order valence-electron chi connectivity index (χ2n) is 6.07. The third-order valence-electron chi connectivity index (χ3n) is 3.65. The summed E-state index contributed by atoms with van der Waals surface area (Å²) in [5, 5.41) is 3.99. The number of thiazole rings is 1. The van der Waals surface area contributed by atoms with Crippen molar-refractivity contribution in [3.63, 3.8) is 0 Å². The monoisotopic (exact) mass is 310 g/mol. The summed E-state index contributed by atoms with van der Waals surface area (Å²) >= 11 is 1.38. The van der Waals surface area contributed by atoms with Crippen LogP contribution >= 0.6 is 11.3 Å². The minimum Gasteiger partial charge on any atom is -0.382 e. The average Bonchev–Trinajstić information content (AvgIpc) is 2.76. The average molecular weight is 310 g/mol. The smallest absolute Gasteiger partial charge is 0.267 e. The third-order valence-corrected chi connectivity index (χ3v) is 4.67. The number of nitrogens with zero attached hydrogens (tertiary/aromatic N) is 2. The van der Waals surface area contributed by atoms with Gasteiger partial charge in [-0.2, -0.15) is 0 Å². The van der Waals surface area contributed by atoms with Gasteiger partial charge in [-0.25, -0.2) is 4.98 Å². The Hall–Kier alpha value is -1.30. The van der Waals surface area contributed by atoms with Crippen LogP contribution in [-0.2, 0) is 0 Å². The van der Waals surface area contributed by atoms with Gasteiger partial charge in [-0.1, -0.05) is 44.4 Å². The van der Waals surface area contributed by atoms with Gasteiger partial charge >= 0.3 is 0 Å². The highest BCUT2D eigenvalue weighted by molar-refractivity contribution is 7.18. The Kier molecular flexibility index (Phi) is 5.85. The van der Waals surface area contributed by atoms with E-state index < -0.39 is 0 Å². The maximum absolute atomic E-state index is 12.6. The summed E-state index contributed by atoms with van der Waals surface area (Å²) in [7, 11) is 0. The molecule has 1 aliphatic heterocycles. The van der Waals surface area contributed by atoms with E-state index in [2.05, 4.69) is 24.1 Å². The van der Waals surface area contributed by atoms with Crippen LogP contribution in [0.3, 0.4) is 0 Å². The fourth-order valence-electron chi connectivity index (χ4n) is 2.45. The van der Waals surface area contributed by atoms with Crippen molar-refractivity contribution in [3.05, 3.63) is 4.88 Å². The van der Waals surface area contributed by atoms with E-state index in [-0.39, 0.29) is 5.91 Å². The van der Waals surface area contributed by atoms with Gasteiger partial charge < -0.3 is 16.0 Å². The standard InChI is InChI=1S/C15H26N4OS/c1-11(2)10-17-15-18-13(16)12(21-15)14(20)19-8-6-4-3-5-7-9-19/h11H,3-10,16H2,1-2H3,(H,17,18). The van der Waals surface area contributed by atoms with Crippen molar-refractivity contribution in [1.29, 1.82) is 0 Å². The lowest BCUT2D eigenvalue weighted by Crippen LogP contribution is -2.33. The minimum absolute atomic E-state index is 0.0458. The van der Waals surface area contributed by atoms with Gasteiger partial charge in [0.05, 0.1) is 0 Å². The van der Waals surface area contributed by atoms with Crippen molar-refractivity contribution in [2.75, 3.05) is 30.7 Å². The second-order valence-corrected chi connectivity index (χ2v) is 7.07. The van der Waals surface area contributed by atoms with E-state index >= 15 is 0 Å². The molecule has 1 aromatic rings. The molecule has 0 aliphatic carbocycles. The molecule has 0 saturated carbocycles. The molecule has 5 nitrogen and oxygen atoms in total. The third kappa shape index (κ3) is 4.59. The predicted octanol–water partition coefficient (Wildman–Crippen LogP) is 3.20. The molecule has 0 aromatic carbocycles. The number of hydrogen-bond donors (Lipinski definition) is 2. The molecule has 118 valence electrons.